The monoisotopic (exact) mass is 426 g/mol. The largest absolute Gasteiger partial charge is 0.298 e. The van der Waals surface area contributed by atoms with Crippen LogP contribution in [0.2, 0.25) is 5.02 Å². The molecule has 5 nitrogen and oxygen atoms in total. The Balaban J connectivity index is 1.88. The molecule has 0 atom stereocenters. The van der Waals surface area contributed by atoms with Crippen LogP contribution in [-0.4, -0.2) is 23.7 Å². The van der Waals surface area contributed by atoms with Gasteiger partial charge in [0.15, 0.2) is 9.84 Å². The Bertz CT molecular complexity index is 1060. The quantitative estimate of drug-likeness (QED) is 0.641. The van der Waals surface area contributed by atoms with Crippen molar-refractivity contribution in [2.24, 2.45) is 0 Å². The first kappa shape index (κ1) is 17.1. The standard InChI is InChI=1S/C16H12BrClN2O3S/c17-11-1-4-13(5-2-11)24(22,23)8-7-20-10-19-15-9-12(18)3-6-14(15)16(20)21/h1-6,9-10H,7-8H2. The number of nitrogens with zero attached hydrogens (tertiary/aromatic N) is 2. The summed E-state index contributed by atoms with van der Waals surface area (Å²) in [7, 11) is -3.48. The van der Waals surface area contributed by atoms with Crippen molar-refractivity contribution in [3.63, 3.8) is 0 Å². The van der Waals surface area contributed by atoms with Crippen LogP contribution in [0.3, 0.4) is 0 Å². The van der Waals surface area contributed by atoms with E-state index >= 15 is 0 Å². The van der Waals surface area contributed by atoms with Gasteiger partial charge in [0.05, 0.1) is 27.9 Å². The van der Waals surface area contributed by atoms with Gasteiger partial charge in [0.25, 0.3) is 5.56 Å². The molecule has 0 radical (unpaired) electrons. The molecular weight excluding hydrogens is 416 g/mol. The summed E-state index contributed by atoms with van der Waals surface area (Å²) in [6.07, 6.45) is 1.35. The topological polar surface area (TPSA) is 69.0 Å². The molecular formula is C16H12BrClN2O3S. The van der Waals surface area contributed by atoms with Gasteiger partial charge < -0.3 is 0 Å². The second-order valence-electron chi connectivity index (χ2n) is 5.18. The Morgan fingerprint density at radius 2 is 1.83 bits per heavy atom. The van der Waals surface area contributed by atoms with Gasteiger partial charge in [0.1, 0.15) is 0 Å². The lowest BCUT2D eigenvalue weighted by Gasteiger charge is -2.08. The second-order valence-corrected chi connectivity index (χ2v) is 8.64. The van der Waals surface area contributed by atoms with Crippen LogP contribution in [0.25, 0.3) is 10.9 Å². The highest BCUT2D eigenvalue weighted by molar-refractivity contribution is 9.10. The SMILES string of the molecule is O=c1c2ccc(Cl)cc2ncn1CCS(=O)(=O)c1ccc(Br)cc1. The van der Waals surface area contributed by atoms with Crippen LogP contribution in [0.1, 0.15) is 0 Å². The molecule has 0 N–H and O–H groups in total. The van der Waals surface area contributed by atoms with E-state index in [1.807, 2.05) is 0 Å². The second kappa shape index (κ2) is 6.66. The van der Waals surface area contributed by atoms with E-state index in [4.69, 9.17) is 11.6 Å². The zero-order chi connectivity index (χ0) is 17.3. The van der Waals surface area contributed by atoms with E-state index in [1.54, 1.807) is 30.3 Å². The minimum atomic E-state index is -3.48. The fraction of sp³-hybridized carbons (Fsp3) is 0.125. The number of rotatable bonds is 4. The van der Waals surface area contributed by atoms with E-state index in [1.165, 1.54) is 23.0 Å². The highest BCUT2D eigenvalue weighted by Gasteiger charge is 2.15. The maximum Gasteiger partial charge on any atom is 0.261 e. The summed E-state index contributed by atoms with van der Waals surface area (Å²) in [5.41, 5.74) is 0.196. The molecule has 1 heterocycles. The Hall–Kier alpha value is -1.70. The van der Waals surface area contributed by atoms with Crippen molar-refractivity contribution >= 4 is 48.3 Å². The van der Waals surface area contributed by atoms with Crippen LogP contribution in [-0.2, 0) is 16.4 Å². The van der Waals surface area contributed by atoms with Gasteiger partial charge in [-0.15, -0.1) is 0 Å². The van der Waals surface area contributed by atoms with Crippen LogP contribution >= 0.6 is 27.5 Å². The lowest BCUT2D eigenvalue weighted by molar-refractivity contribution is 0.586. The first-order valence-corrected chi connectivity index (χ1v) is 9.82. The van der Waals surface area contributed by atoms with Crippen molar-refractivity contribution in [1.29, 1.82) is 0 Å². The molecule has 0 aliphatic carbocycles. The highest BCUT2D eigenvalue weighted by atomic mass is 79.9. The molecule has 8 heteroatoms. The van der Waals surface area contributed by atoms with Crippen molar-refractivity contribution in [1.82, 2.24) is 9.55 Å². The van der Waals surface area contributed by atoms with Gasteiger partial charge in [0.2, 0.25) is 0 Å². The molecule has 3 rings (SSSR count). The number of fused-ring (bicyclic) bond motifs is 1. The first-order valence-electron chi connectivity index (χ1n) is 7.00. The van der Waals surface area contributed by atoms with Crippen molar-refractivity contribution in [2.75, 3.05) is 5.75 Å². The molecule has 0 aliphatic rings. The van der Waals surface area contributed by atoms with E-state index in [9.17, 15) is 13.2 Å². The average molecular weight is 428 g/mol. The fourth-order valence-electron chi connectivity index (χ4n) is 2.27. The molecule has 0 spiro atoms. The predicted octanol–water partition coefficient (Wildman–Crippen LogP) is 3.29. The van der Waals surface area contributed by atoms with Crippen LogP contribution in [0.15, 0.2) is 63.0 Å². The molecule has 0 saturated heterocycles. The van der Waals surface area contributed by atoms with E-state index < -0.39 is 9.84 Å². The van der Waals surface area contributed by atoms with Crippen LogP contribution < -0.4 is 5.56 Å². The molecule has 0 amide bonds. The van der Waals surface area contributed by atoms with Gasteiger partial charge in [-0.3, -0.25) is 9.36 Å². The molecule has 3 aromatic rings. The molecule has 0 aliphatic heterocycles. The van der Waals surface area contributed by atoms with Crippen LogP contribution in [0.5, 0.6) is 0 Å². The Labute approximate surface area is 152 Å². The number of aryl methyl sites for hydroxylation is 1. The van der Waals surface area contributed by atoms with E-state index in [-0.39, 0.29) is 22.8 Å². The number of halogens is 2. The van der Waals surface area contributed by atoms with Gasteiger partial charge in [0, 0.05) is 16.0 Å². The van der Waals surface area contributed by atoms with Gasteiger partial charge >= 0.3 is 0 Å². The maximum atomic E-state index is 12.4. The summed E-state index contributed by atoms with van der Waals surface area (Å²) in [5, 5.41) is 0.896. The summed E-state index contributed by atoms with van der Waals surface area (Å²) >= 11 is 9.15. The molecule has 24 heavy (non-hydrogen) atoms. The molecule has 0 saturated carbocycles. The van der Waals surface area contributed by atoms with Crippen molar-refractivity contribution in [3.8, 4) is 0 Å². The van der Waals surface area contributed by atoms with Gasteiger partial charge in [-0.05, 0) is 42.5 Å². The van der Waals surface area contributed by atoms with Crippen LogP contribution in [0.4, 0.5) is 0 Å². The molecule has 0 fully saturated rings. The molecule has 124 valence electrons. The van der Waals surface area contributed by atoms with E-state index in [0.717, 1.165) is 4.47 Å². The zero-order valence-electron chi connectivity index (χ0n) is 12.3. The molecule has 2 aromatic carbocycles. The van der Waals surface area contributed by atoms with Gasteiger partial charge in [-0.25, -0.2) is 13.4 Å². The highest BCUT2D eigenvalue weighted by Crippen LogP contribution is 2.17. The Morgan fingerprint density at radius 1 is 1.12 bits per heavy atom. The Morgan fingerprint density at radius 3 is 2.54 bits per heavy atom. The summed E-state index contributed by atoms with van der Waals surface area (Å²) in [6.45, 7) is 0.0306. The maximum absolute atomic E-state index is 12.4. The normalized spacial score (nSPS) is 11.8. The summed E-state index contributed by atoms with van der Waals surface area (Å²) < 4.78 is 26.8. The lowest BCUT2D eigenvalue weighted by Crippen LogP contribution is -2.24. The Kier molecular flexibility index (Phi) is 4.76. The third-order valence-electron chi connectivity index (χ3n) is 3.56. The molecule has 1 aromatic heterocycles. The predicted molar refractivity (Wildman–Crippen MR) is 97.2 cm³/mol. The van der Waals surface area contributed by atoms with Gasteiger partial charge in [-0.2, -0.15) is 0 Å². The van der Waals surface area contributed by atoms with E-state index in [2.05, 4.69) is 20.9 Å². The average Bonchev–Trinajstić information content (AvgIpc) is 2.54. The number of sulfone groups is 1. The van der Waals surface area contributed by atoms with Crippen molar-refractivity contribution in [3.05, 3.63) is 68.6 Å². The number of aromatic nitrogens is 2. The lowest BCUT2D eigenvalue weighted by atomic mass is 10.2. The van der Waals surface area contributed by atoms with E-state index in [0.29, 0.717) is 15.9 Å². The summed E-state index contributed by atoms with van der Waals surface area (Å²) in [6, 6.07) is 11.2. The minimum absolute atomic E-state index is 0.0306. The summed E-state index contributed by atoms with van der Waals surface area (Å²) in [5.74, 6) is -0.185. The van der Waals surface area contributed by atoms with Crippen molar-refractivity contribution < 1.29 is 8.42 Å². The number of benzene rings is 2. The summed E-state index contributed by atoms with van der Waals surface area (Å²) in [4.78, 5) is 16.8. The fourth-order valence-corrected chi connectivity index (χ4v) is 3.92. The molecule has 0 unspecified atom stereocenters. The first-order chi connectivity index (χ1) is 11.4. The third kappa shape index (κ3) is 3.53. The third-order valence-corrected chi connectivity index (χ3v) is 6.04. The minimum Gasteiger partial charge on any atom is -0.298 e. The van der Waals surface area contributed by atoms with Crippen LogP contribution in [0, 0.1) is 0 Å². The smallest absolute Gasteiger partial charge is 0.261 e. The molecule has 0 bridgehead atoms. The zero-order valence-corrected chi connectivity index (χ0v) is 15.5. The number of hydrogen-bond donors (Lipinski definition) is 0. The number of hydrogen-bond acceptors (Lipinski definition) is 4. The van der Waals surface area contributed by atoms with Crippen molar-refractivity contribution in [2.45, 2.75) is 11.4 Å². The van der Waals surface area contributed by atoms with Gasteiger partial charge in [-0.1, -0.05) is 27.5 Å².